The lowest BCUT2D eigenvalue weighted by atomic mass is 10.2. The van der Waals surface area contributed by atoms with Crippen LogP contribution in [0.4, 0.5) is 5.82 Å². The number of hydrogen-bond acceptors (Lipinski definition) is 5. The van der Waals surface area contributed by atoms with Gasteiger partial charge in [0.2, 0.25) is 5.89 Å². The van der Waals surface area contributed by atoms with E-state index in [1.165, 1.54) is 0 Å². The number of nitrogens with one attached hydrogen (secondary N) is 1. The highest BCUT2D eigenvalue weighted by atomic mass is 16.5. The maximum Gasteiger partial charge on any atom is 0.223 e. The van der Waals surface area contributed by atoms with E-state index in [-0.39, 0.29) is 0 Å². The van der Waals surface area contributed by atoms with Crippen molar-refractivity contribution in [1.82, 2.24) is 15.1 Å². The van der Waals surface area contributed by atoms with Gasteiger partial charge >= 0.3 is 0 Å². The highest BCUT2D eigenvalue weighted by Crippen LogP contribution is 2.14. The van der Waals surface area contributed by atoms with Gasteiger partial charge in [0.05, 0.1) is 12.1 Å². The van der Waals surface area contributed by atoms with Crippen LogP contribution in [0.15, 0.2) is 40.9 Å². The van der Waals surface area contributed by atoms with Gasteiger partial charge in [-0.05, 0) is 18.2 Å². The van der Waals surface area contributed by atoms with Crippen LogP contribution in [-0.4, -0.2) is 15.1 Å². The fraction of sp³-hybridized carbons (Fsp3) is 0.154. The molecule has 0 aliphatic rings. The third-order valence-electron chi connectivity index (χ3n) is 2.60. The van der Waals surface area contributed by atoms with Gasteiger partial charge in [0.1, 0.15) is 5.82 Å². The third kappa shape index (κ3) is 2.15. The molecule has 0 spiro atoms. The summed E-state index contributed by atoms with van der Waals surface area (Å²) in [7, 11) is 0. The summed E-state index contributed by atoms with van der Waals surface area (Å²) in [4.78, 5) is 8.62. The number of aryl methyl sites for hydroxylation is 1. The fourth-order valence-corrected chi connectivity index (χ4v) is 1.75. The molecule has 0 bridgehead atoms. The molecule has 0 saturated heterocycles. The normalized spacial score (nSPS) is 10.7. The van der Waals surface area contributed by atoms with E-state index in [4.69, 9.17) is 4.52 Å². The summed E-state index contributed by atoms with van der Waals surface area (Å²) in [5, 5.41) is 8.11. The summed E-state index contributed by atoms with van der Waals surface area (Å²) in [6, 6.07) is 12.0. The van der Waals surface area contributed by atoms with Gasteiger partial charge < -0.3 is 9.84 Å². The minimum absolute atomic E-state index is 0.503. The summed E-state index contributed by atoms with van der Waals surface area (Å²) >= 11 is 0. The number of hydrogen-bond donors (Lipinski definition) is 1. The maximum atomic E-state index is 4.90. The molecule has 18 heavy (non-hydrogen) atoms. The number of benzene rings is 1. The topological polar surface area (TPSA) is 63.8 Å². The van der Waals surface area contributed by atoms with E-state index >= 15 is 0 Å². The van der Waals surface area contributed by atoms with Crippen molar-refractivity contribution in [1.29, 1.82) is 0 Å². The van der Waals surface area contributed by atoms with Crippen LogP contribution >= 0.6 is 0 Å². The predicted octanol–water partition coefficient (Wildman–Crippen LogP) is 2.54. The first-order chi connectivity index (χ1) is 8.81. The van der Waals surface area contributed by atoms with Crippen LogP contribution in [0.5, 0.6) is 0 Å². The van der Waals surface area contributed by atoms with Crippen molar-refractivity contribution in [2.75, 3.05) is 5.32 Å². The molecule has 0 amide bonds. The number of fused-ring (bicyclic) bond motifs is 1. The van der Waals surface area contributed by atoms with Crippen LogP contribution < -0.4 is 5.32 Å². The molecule has 0 fully saturated rings. The Labute approximate surface area is 104 Å². The van der Waals surface area contributed by atoms with Crippen molar-refractivity contribution in [2.24, 2.45) is 0 Å². The van der Waals surface area contributed by atoms with Crippen LogP contribution in [0, 0.1) is 6.92 Å². The van der Waals surface area contributed by atoms with Gasteiger partial charge in [0, 0.05) is 12.3 Å². The van der Waals surface area contributed by atoms with Gasteiger partial charge in [-0.2, -0.15) is 4.98 Å². The lowest BCUT2D eigenvalue weighted by Crippen LogP contribution is -2.02. The summed E-state index contributed by atoms with van der Waals surface area (Å²) in [5.74, 6) is 2.00. The van der Waals surface area contributed by atoms with Crippen molar-refractivity contribution in [3.05, 3.63) is 48.1 Å². The number of aromatic nitrogens is 3. The van der Waals surface area contributed by atoms with Crippen molar-refractivity contribution < 1.29 is 4.52 Å². The molecule has 90 valence electrons. The molecule has 0 atom stereocenters. The Morgan fingerprint density at radius 3 is 2.83 bits per heavy atom. The fourth-order valence-electron chi connectivity index (χ4n) is 1.75. The molecule has 0 aliphatic carbocycles. The smallest absolute Gasteiger partial charge is 0.223 e. The molecule has 3 aromatic rings. The molecule has 0 saturated carbocycles. The second-order valence-electron chi connectivity index (χ2n) is 3.97. The van der Waals surface area contributed by atoms with Gasteiger partial charge in [0.15, 0.2) is 5.82 Å². The zero-order valence-electron chi connectivity index (χ0n) is 9.92. The van der Waals surface area contributed by atoms with E-state index in [1.54, 1.807) is 6.92 Å². The molecule has 1 N–H and O–H groups in total. The molecule has 1 aromatic carbocycles. The van der Waals surface area contributed by atoms with E-state index in [2.05, 4.69) is 20.4 Å². The van der Waals surface area contributed by atoms with Gasteiger partial charge in [0.25, 0.3) is 0 Å². The lowest BCUT2D eigenvalue weighted by molar-refractivity contribution is 0.388. The number of anilines is 1. The van der Waals surface area contributed by atoms with Crippen molar-refractivity contribution in [2.45, 2.75) is 13.5 Å². The van der Waals surface area contributed by atoms with Crippen molar-refractivity contribution in [3.8, 4) is 0 Å². The van der Waals surface area contributed by atoms with Gasteiger partial charge in [-0.1, -0.05) is 23.4 Å². The molecular weight excluding hydrogens is 228 g/mol. The first-order valence-corrected chi connectivity index (χ1v) is 5.70. The monoisotopic (exact) mass is 240 g/mol. The summed E-state index contributed by atoms with van der Waals surface area (Å²) in [5.41, 5.74) is 0.965. The second kappa shape index (κ2) is 4.44. The van der Waals surface area contributed by atoms with Gasteiger partial charge in [-0.25, -0.2) is 4.98 Å². The lowest BCUT2D eigenvalue weighted by Gasteiger charge is -2.03. The van der Waals surface area contributed by atoms with Crippen LogP contribution in [0.25, 0.3) is 10.9 Å². The Morgan fingerprint density at radius 2 is 2.00 bits per heavy atom. The molecule has 2 heterocycles. The molecule has 0 unspecified atom stereocenters. The predicted molar refractivity (Wildman–Crippen MR) is 68.1 cm³/mol. The second-order valence-corrected chi connectivity index (χ2v) is 3.97. The number of para-hydroxylation sites is 1. The van der Waals surface area contributed by atoms with Crippen LogP contribution in [0.3, 0.4) is 0 Å². The first-order valence-electron chi connectivity index (χ1n) is 5.70. The zero-order valence-corrected chi connectivity index (χ0v) is 9.92. The maximum absolute atomic E-state index is 4.90. The highest BCUT2D eigenvalue weighted by molar-refractivity contribution is 5.79. The van der Waals surface area contributed by atoms with E-state index in [0.717, 1.165) is 16.7 Å². The van der Waals surface area contributed by atoms with Crippen LogP contribution in [0.1, 0.15) is 11.7 Å². The average molecular weight is 240 g/mol. The Bertz CT molecular complexity index is 677. The standard InChI is InChI=1S/C13H12N4O/c1-9-15-13(17-18-9)8-14-12-7-6-10-4-2-3-5-11(10)16-12/h2-7H,8H2,1H3,(H,14,16). The largest absolute Gasteiger partial charge is 0.363 e. The quantitative estimate of drug-likeness (QED) is 0.762. The number of rotatable bonds is 3. The molecule has 5 heteroatoms. The van der Waals surface area contributed by atoms with Crippen molar-refractivity contribution in [3.63, 3.8) is 0 Å². The minimum atomic E-state index is 0.503. The van der Waals surface area contributed by atoms with Crippen LogP contribution in [0.2, 0.25) is 0 Å². The Hall–Kier alpha value is -2.43. The minimum Gasteiger partial charge on any atom is -0.363 e. The average Bonchev–Trinajstić information content (AvgIpc) is 2.82. The molecule has 0 radical (unpaired) electrons. The van der Waals surface area contributed by atoms with Crippen molar-refractivity contribution >= 4 is 16.7 Å². The highest BCUT2D eigenvalue weighted by Gasteiger charge is 2.02. The molecular formula is C13H12N4O. The van der Waals surface area contributed by atoms with E-state index in [1.807, 2.05) is 36.4 Å². The summed E-state index contributed by atoms with van der Waals surface area (Å²) < 4.78 is 4.90. The van der Waals surface area contributed by atoms with E-state index in [0.29, 0.717) is 18.3 Å². The molecule has 2 aromatic heterocycles. The first kappa shape index (κ1) is 10.7. The molecule has 3 rings (SSSR count). The van der Waals surface area contributed by atoms with Gasteiger partial charge in [-0.3, -0.25) is 0 Å². The molecule has 0 aliphatic heterocycles. The Morgan fingerprint density at radius 1 is 1.11 bits per heavy atom. The van der Waals surface area contributed by atoms with E-state index < -0.39 is 0 Å². The summed E-state index contributed by atoms with van der Waals surface area (Å²) in [6.07, 6.45) is 0. The number of nitrogens with zero attached hydrogens (tertiary/aromatic N) is 3. The SMILES string of the molecule is Cc1nc(CNc2ccc3ccccc3n2)no1. The van der Waals surface area contributed by atoms with Gasteiger partial charge in [-0.15, -0.1) is 0 Å². The molecule has 5 nitrogen and oxygen atoms in total. The number of pyridine rings is 1. The Balaban J connectivity index is 1.78. The van der Waals surface area contributed by atoms with E-state index in [9.17, 15) is 0 Å². The van der Waals surface area contributed by atoms with Crippen LogP contribution in [-0.2, 0) is 6.54 Å². The summed E-state index contributed by atoms with van der Waals surface area (Å²) in [6.45, 7) is 2.27. The third-order valence-corrected chi connectivity index (χ3v) is 2.60. The zero-order chi connectivity index (χ0) is 12.4. The Kier molecular flexibility index (Phi) is 2.64.